The Bertz CT molecular complexity index is 1230. The third-order valence-electron chi connectivity index (χ3n) is 8.88. The Balaban J connectivity index is 1.40. The van der Waals surface area contributed by atoms with Gasteiger partial charge in [-0.25, -0.2) is 4.98 Å². The second kappa shape index (κ2) is 10.6. The zero-order chi connectivity index (χ0) is 28.8. The van der Waals surface area contributed by atoms with Crippen LogP contribution in [-0.2, 0) is 19.2 Å². The summed E-state index contributed by atoms with van der Waals surface area (Å²) in [6.07, 6.45) is 10.1. The molecule has 0 radical (unpaired) electrons. The maximum absolute atomic E-state index is 14.2. The molecule has 0 spiro atoms. The highest BCUT2D eigenvalue weighted by Crippen LogP contribution is 2.54. The van der Waals surface area contributed by atoms with Crippen LogP contribution >= 0.6 is 0 Å². The van der Waals surface area contributed by atoms with Crippen molar-refractivity contribution < 1.29 is 24.0 Å². The first-order valence-electron chi connectivity index (χ1n) is 13.9. The number of rotatable bonds is 8. The summed E-state index contributed by atoms with van der Waals surface area (Å²) in [7, 11) is 0. The van der Waals surface area contributed by atoms with E-state index in [2.05, 4.69) is 38.1 Å². The Kier molecular flexibility index (Phi) is 7.36. The average Bonchev–Trinajstić information content (AvgIpc) is 3.69. The van der Waals surface area contributed by atoms with Crippen LogP contribution in [0.2, 0.25) is 0 Å². The lowest BCUT2D eigenvalue weighted by molar-refractivity contribution is -0.143. The maximum Gasteiger partial charge on any atom is 0.272 e. The summed E-state index contributed by atoms with van der Waals surface area (Å²) < 4.78 is 0. The first-order valence-corrected chi connectivity index (χ1v) is 13.9. The van der Waals surface area contributed by atoms with Gasteiger partial charge in [-0.2, -0.15) is 0 Å². The van der Waals surface area contributed by atoms with Gasteiger partial charge < -0.3 is 26.6 Å². The first-order chi connectivity index (χ1) is 19.0. The van der Waals surface area contributed by atoms with Crippen LogP contribution in [0.25, 0.3) is 0 Å². The van der Waals surface area contributed by atoms with Gasteiger partial charge in [0, 0.05) is 31.4 Å². The highest BCUT2D eigenvalue weighted by Gasteiger charge is 2.59. The highest BCUT2D eigenvalue weighted by atomic mass is 16.2. The normalized spacial score (nSPS) is 30.0. The van der Waals surface area contributed by atoms with Gasteiger partial charge in [0.05, 0.1) is 6.20 Å². The largest absolute Gasteiger partial charge is 0.368 e. The van der Waals surface area contributed by atoms with Gasteiger partial charge in [0.1, 0.15) is 23.8 Å². The molecule has 3 fully saturated rings. The van der Waals surface area contributed by atoms with Crippen molar-refractivity contribution in [3.63, 3.8) is 0 Å². The van der Waals surface area contributed by atoms with Gasteiger partial charge in [-0.3, -0.25) is 29.0 Å². The molecule has 4 aliphatic rings. The van der Waals surface area contributed by atoms with E-state index in [1.807, 2.05) is 20.8 Å². The van der Waals surface area contributed by atoms with Crippen molar-refractivity contribution >= 4 is 29.5 Å². The summed E-state index contributed by atoms with van der Waals surface area (Å²) in [6.45, 7) is 6.42. The Hall–Kier alpha value is -3.83. The molecule has 2 aliphatic carbocycles. The summed E-state index contributed by atoms with van der Waals surface area (Å²) in [6, 6.07) is -2.83. The molecule has 1 aromatic rings. The molecule has 214 valence electrons. The summed E-state index contributed by atoms with van der Waals surface area (Å²) in [4.78, 5) is 75.2. The van der Waals surface area contributed by atoms with Crippen molar-refractivity contribution in [2.75, 3.05) is 13.1 Å². The van der Waals surface area contributed by atoms with Crippen LogP contribution < -0.4 is 21.7 Å². The molecule has 5 rings (SSSR count). The van der Waals surface area contributed by atoms with Crippen LogP contribution in [0.4, 0.5) is 0 Å². The van der Waals surface area contributed by atoms with Crippen LogP contribution in [-0.4, -0.2) is 75.6 Å². The van der Waals surface area contributed by atoms with E-state index in [9.17, 15) is 24.0 Å². The van der Waals surface area contributed by atoms with E-state index in [1.54, 1.807) is 4.90 Å². The quantitative estimate of drug-likeness (QED) is 0.322. The number of likely N-dealkylation sites (tertiary alicyclic amines) is 1. The van der Waals surface area contributed by atoms with E-state index in [1.165, 1.54) is 18.6 Å². The minimum Gasteiger partial charge on any atom is -0.368 e. The topological polar surface area (TPSA) is 176 Å². The molecule has 0 aromatic carbocycles. The van der Waals surface area contributed by atoms with Crippen molar-refractivity contribution in [2.24, 2.45) is 40.7 Å². The molecule has 3 heterocycles. The van der Waals surface area contributed by atoms with E-state index in [4.69, 9.17) is 5.73 Å². The predicted octanol–water partition coefficient (Wildman–Crippen LogP) is -0.233. The zero-order valence-electron chi connectivity index (χ0n) is 23.0. The van der Waals surface area contributed by atoms with Crippen LogP contribution in [0.5, 0.6) is 0 Å². The van der Waals surface area contributed by atoms with Crippen LogP contribution in [0.15, 0.2) is 30.7 Å². The van der Waals surface area contributed by atoms with Crippen LogP contribution in [0.1, 0.15) is 50.5 Å². The fourth-order valence-electron chi connectivity index (χ4n) is 6.87. The second-order valence-corrected chi connectivity index (χ2v) is 12.5. The fourth-order valence-corrected chi connectivity index (χ4v) is 6.87. The molecule has 40 heavy (non-hydrogen) atoms. The molecule has 5 amide bonds. The summed E-state index contributed by atoms with van der Waals surface area (Å²) in [5.41, 5.74) is 5.05. The SMILES string of the molecule is CC(C)(C)[C@H](NC(=O)c1cnccn1)C(=O)N1C[C@H]2[C@@H]([C@H]1C(=O)N[C@@H](C[C@@H]1CCNC1=O)C(N)=O)[C@H]1C=C[C@@H]2C1. The third kappa shape index (κ3) is 5.18. The molecule has 0 unspecified atom stereocenters. The predicted molar refractivity (Wildman–Crippen MR) is 143 cm³/mol. The number of carbonyl (C=O) groups is 5. The van der Waals surface area contributed by atoms with Crippen molar-refractivity contribution in [2.45, 2.75) is 58.2 Å². The van der Waals surface area contributed by atoms with E-state index >= 15 is 0 Å². The summed E-state index contributed by atoms with van der Waals surface area (Å²) in [5.74, 6) is -2.29. The first kappa shape index (κ1) is 27.7. The minimum atomic E-state index is -1.04. The van der Waals surface area contributed by atoms with Gasteiger partial charge in [-0.1, -0.05) is 32.9 Å². The minimum absolute atomic E-state index is 0.0830. The number of fused-ring (bicyclic) bond motifs is 5. The third-order valence-corrected chi connectivity index (χ3v) is 8.88. The van der Waals surface area contributed by atoms with E-state index in [0.717, 1.165) is 6.42 Å². The molecule has 8 atom stereocenters. The number of hydrogen-bond acceptors (Lipinski definition) is 7. The molecule has 1 saturated carbocycles. The molecule has 5 N–H and O–H groups in total. The van der Waals surface area contributed by atoms with Gasteiger partial charge in [0.2, 0.25) is 23.6 Å². The Morgan fingerprint density at radius 1 is 1.15 bits per heavy atom. The summed E-state index contributed by atoms with van der Waals surface area (Å²) >= 11 is 0. The van der Waals surface area contributed by atoms with Crippen LogP contribution in [0, 0.1) is 35.0 Å². The van der Waals surface area contributed by atoms with E-state index < -0.39 is 47.2 Å². The molecule has 2 bridgehead atoms. The number of nitrogens with one attached hydrogen (secondary N) is 3. The number of hydrogen-bond donors (Lipinski definition) is 4. The van der Waals surface area contributed by atoms with Crippen molar-refractivity contribution in [1.29, 1.82) is 0 Å². The number of allylic oxidation sites excluding steroid dienone is 2. The molecular weight excluding hydrogens is 514 g/mol. The fraction of sp³-hybridized carbons (Fsp3) is 0.607. The maximum atomic E-state index is 14.2. The highest BCUT2D eigenvalue weighted by molar-refractivity contribution is 5.98. The summed E-state index contributed by atoms with van der Waals surface area (Å²) in [5, 5.41) is 8.36. The van der Waals surface area contributed by atoms with Gasteiger partial charge in [-0.15, -0.1) is 0 Å². The van der Waals surface area contributed by atoms with E-state index in [-0.39, 0.29) is 47.6 Å². The second-order valence-electron chi connectivity index (χ2n) is 12.5. The number of carbonyl (C=O) groups excluding carboxylic acids is 5. The lowest BCUT2D eigenvalue weighted by Crippen LogP contribution is -2.60. The number of aromatic nitrogens is 2. The molecule has 2 saturated heterocycles. The Labute approximate surface area is 232 Å². The Morgan fingerprint density at radius 3 is 2.52 bits per heavy atom. The monoisotopic (exact) mass is 551 g/mol. The van der Waals surface area contributed by atoms with Crippen molar-refractivity contribution in [3.05, 3.63) is 36.4 Å². The lowest BCUT2D eigenvalue weighted by atomic mass is 9.81. The standard InChI is InChI=1S/C28H37N7O5/c1-28(2,3)22(34-25(38)19-12-30-8-9-31-19)27(40)35-13-17-14-4-5-15(10-14)20(17)21(35)26(39)33-18(23(29)36)11-16-6-7-32-24(16)37/h4-5,8-9,12,14-18,20-22H,6-7,10-11,13H2,1-3H3,(H2,29,36)(H,32,37)(H,33,39)(H,34,38)/t14-,15+,16+,17-,18+,20+,21+,22-/m1/s1. The lowest BCUT2D eigenvalue weighted by Gasteiger charge is -2.37. The Morgan fingerprint density at radius 2 is 1.90 bits per heavy atom. The van der Waals surface area contributed by atoms with Gasteiger partial charge >= 0.3 is 0 Å². The number of primary amides is 1. The smallest absolute Gasteiger partial charge is 0.272 e. The van der Waals surface area contributed by atoms with Gasteiger partial charge in [0.15, 0.2) is 0 Å². The van der Waals surface area contributed by atoms with E-state index in [0.29, 0.717) is 19.5 Å². The number of amides is 5. The van der Waals surface area contributed by atoms with Crippen LogP contribution in [0.3, 0.4) is 0 Å². The van der Waals surface area contributed by atoms with Crippen molar-refractivity contribution in [3.8, 4) is 0 Å². The van der Waals surface area contributed by atoms with Gasteiger partial charge in [-0.05, 0) is 48.3 Å². The molecular formula is C28H37N7O5. The zero-order valence-corrected chi connectivity index (χ0v) is 23.0. The number of nitrogens with zero attached hydrogens (tertiary/aromatic N) is 3. The van der Waals surface area contributed by atoms with Gasteiger partial charge in [0.25, 0.3) is 5.91 Å². The number of nitrogens with two attached hydrogens (primary N) is 1. The average molecular weight is 552 g/mol. The van der Waals surface area contributed by atoms with Crippen molar-refractivity contribution in [1.82, 2.24) is 30.8 Å². The molecule has 12 heteroatoms. The molecule has 1 aromatic heterocycles. The molecule has 2 aliphatic heterocycles. The molecule has 12 nitrogen and oxygen atoms in total.